The van der Waals surface area contributed by atoms with E-state index in [1.165, 1.54) is 11.1 Å². The second-order valence-electron chi connectivity index (χ2n) is 23.3. The summed E-state index contributed by atoms with van der Waals surface area (Å²) in [6.07, 6.45) is 5.82. The van der Waals surface area contributed by atoms with E-state index in [1.807, 2.05) is 54.7 Å². The van der Waals surface area contributed by atoms with Crippen LogP contribution in [0.3, 0.4) is 0 Å². The zero-order chi connectivity index (χ0) is 57.3. The van der Waals surface area contributed by atoms with Gasteiger partial charge in [0.05, 0.1) is 23.6 Å². The van der Waals surface area contributed by atoms with Gasteiger partial charge in [-0.05, 0) is 124 Å². The van der Waals surface area contributed by atoms with Crippen molar-refractivity contribution in [3.05, 3.63) is 235 Å². The first-order valence-electron chi connectivity index (χ1n) is 28.9. The first kappa shape index (κ1) is 45.0. The maximum absolute atomic E-state index is 9.34. The molecule has 0 N–H and O–H groups in total. The van der Waals surface area contributed by atoms with E-state index in [0.29, 0.717) is 22.7 Å². The molecule has 0 fully saturated rings. The molecule has 1 aliphatic rings. The Morgan fingerprint density at radius 2 is 1.15 bits per heavy atom. The summed E-state index contributed by atoms with van der Waals surface area (Å²) in [5.41, 5.74) is 16.1. The molecule has 0 amide bonds. The number of pyridine rings is 1. The van der Waals surface area contributed by atoms with E-state index < -0.39 is 6.04 Å². The average molecular weight is 1200 g/mol. The quantitative estimate of drug-likeness (QED) is 0.123. The Labute approximate surface area is 479 Å². The number of benzene rings is 9. The molecule has 1 aliphatic heterocycles. The number of hydrogen-bond acceptors (Lipinski definition) is 2. The fraction of sp³-hybridized carbons (Fsp3) is 0.167. The third-order valence-corrected chi connectivity index (χ3v) is 15.2. The van der Waals surface area contributed by atoms with Crippen LogP contribution in [-0.4, -0.2) is 14.1 Å². The van der Waals surface area contributed by atoms with Crippen molar-refractivity contribution in [3.63, 3.8) is 0 Å². The van der Waals surface area contributed by atoms with E-state index in [1.54, 1.807) is 0 Å². The maximum atomic E-state index is 9.34. The van der Waals surface area contributed by atoms with E-state index >= 15 is 0 Å². The third-order valence-electron chi connectivity index (χ3n) is 15.2. The first-order valence-corrected chi connectivity index (χ1v) is 26.4. The number of fused-ring (bicyclic) bond motifs is 10. The minimum Gasteiger partial charge on any atom is -0.510 e. The van der Waals surface area contributed by atoms with E-state index in [4.69, 9.17) is 13.8 Å². The Balaban J connectivity index is 0.00000680. The molecule has 78 heavy (non-hydrogen) atoms. The predicted molar refractivity (Wildman–Crippen MR) is 317 cm³/mol. The van der Waals surface area contributed by atoms with Gasteiger partial charge in [0, 0.05) is 44.3 Å². The topological polar surface area (TPSA) is 35.9 Å². The summed E-state index contributed by atoms with van der Waals surface area (Å²) in [6.45, 7) is 20.0. The molecule has 0 saturated heterocycles. The van der Waals surface area contributed by atoms with Crippen molar-refractivity contribution in [2.75, 3.05) is 0 Å². The molecule has 4 heterocycles. The summed E-state index contributed by atoms with van der Waals surface area (Å²) in [4.78, 5) is 4.90. The van der Waals surface area contributed by atoms with Crippen molar-refractivity contribution >= 4 is 32.8 Å². The van der Waals surface area contributed by atoms with Crippen LogP contribution in [0.15, 0.2) is 200 Å². The second kappa shape index (κ2) is 19.1. The Kier molecular flexibility index (Phi) is 11.0. The largest absolute Gasteiger partial charge is 0.510 e. The molecule has 3 aromatic heterocycles. The van der Waals surface area contributed by atoms with Crippen molar-refractivity contribution in [3.8, 4) is 84.3 Å². The first-order chi connectivity index (χ1) is 39.2. The molecule has 13 rings (SSSR count). The molecule has 0 radical (unpaired) electrons. The zero-order valence-corrected chi connectivity index (χ0v) is 47.5. The number of nitrogens with zero attached hydrogens (tertiary/aromatic N) is 4. The minimum absolute atomic E-state index is 0. The van der Waals surface area contributed by atoms with Gasteiger partial charge in [-0.25, -0.2) is 4.98 Å². The number of aromatic nitrogens is 4. The van der Waals surface area contributed by atoms with Crippen molar-refractivity contribution < 1.29 is 37.2 Å². The Morgan fingerprint density at radius 1 is 0.500 bits per heavy atom. The van der Waals surface area contributed by atoms with Crippen LogP contribution >= 0.6 is 0 Å². The molecule has 9 aromatic carbocycles. The van der Waals surface area contributed by atoms with E-state index in [9.17, 15) is 2.74 Å². The molecule has 0 saturated carbocycles. The number of imidazole rings is 1. The summed E-state index contributed by atoms with van der Waals surface area (Å²) < 4.78 is 58.2. The van der Waals surface area contributed by atoms with E-state index in [2.05, 4.69) is 210 Å². The Hall–Kier alpha value is -8.11. The van der Waals surface area contributed by atoms with Crippen LogP contribution in [0.1, 0.15) is 85.9 Å². The van der Waals surface area contributed by atoms with Crippen molar-refractivity contribution in [2.24, 2.45) is 0 Å². The van der Waals surface area contributed by atoms with Crippen molar-refractivity contribution in [1.82, 2.24) is 14.1 Å². The molecule has 0 aliphatic carbocycles. The van der Waals surface area contributed by atoms with Crippen LogP contribution in [0.25, 0.3) is 106 Å². The van der Waals surface area contributed by atoms with Crippen LogP contribution in [-0.2, 0) is 37.3 Å². The molecule has 386 valence electrons. The van der Waals surface area contributed by atoms with E-state index in [0.717, 1.165) is 94.4 Å². The summed E-state index contributed by atoms with van der Waals surface area (Å²) >= 11 is 0. The Morgan fingerprint density at radius 3 is 1.91 bits per heavy atom. The number of rotatable bonds is 6. The normalized spacial score (nSPS) is 13.2. The third kappa shape index (κ3) is 8.70. The molecular formula is C72H60N4OPt-2. The molecule has 12 aromatic rings. The SMILES string of the molecule is [2H]c1c([2H])c([2H])c(-c2cccc3c2-c2ccccc2-c2cc(C(C)(C)C)cc4c2[n+]([c-]n4-c2[c-]c(Oc4[c-]c5c(cc4)c4ccccc4n5-c4cc(C(C)(C)C)ccn4)ccc2)-c2c(-c4ccc(C(C)(C)C)cc4)cccc2-3)c([2H])c1[2H].[Pt]. The van der Waals surface area contributed by atoms with Gasteiger partial charge in [0.15, 0.2) is 0 Å². The van der Waals surface area contributed by atoms with Crippen LogP contribution in [0, 0.1) is 18.5 Å². The molecule has 0 atom stereocenters. The summed E-state index contributed by atoms with van der Waals surface area (Å²) in [5.74, 6) is 1.84. The number of hydrogen-bond donors (Lipinski definition) is 0. The monoisotopic (exact) mass is 1200 g/mol. The fourth-order valence-corrected chi connectivity index (χ4v) is 11.1. The fourth-order valence-electron chi connectivity index (χ4n) is 11.1. The van der Waals surface area contributed by atoms with Gasteiger partial charge in [-0.3, -0.25) is 4.57 Å². The van der Waals surface area contributed by atoms with E-state index in [-0.39, 0.29) is 67.0 Å². The zero-order valence-electron chi connectivity index (χ0n) is 50.2. The minimum atomic E-state index is -0.434. The van der Waals surface area contributed by atoms with Crippen LogP contribution in [0.4, 0.5) is 0 Å². The van der Waals surface area contributed by atoms with Crippen molar-refractivity contribution in [2.45, 2.75) is 78.6 Å². The van der Waals surface area contributed by atoms with Gasteiger partial charge in [-0.15, -0.1) is 29.7 Å². The van der Waals surface area contributed by atoms with Gasteiger partial charge in [0.2, 0.25) is 0 Å². The second-order valence-corrected chi connectivity index (χ2v) is 23.3. The maximum Gasteiger partial charge on any atom is 0.268 e. The van der Waals surface area contributed by atoms with Gasteiger partial charge in [0.25, 0.3) is 6.33 Å². The molecular weight excluding hydrogens is 1130 g/mol. The Bertz CT molecular complexity index is 4580. The van der Waals surface area contributed by atoms with Gasteiger partial charge in [-0.1, -0.05) is 207 Å². The van der Waals surface area contributed by atoms with Gasteiger partial charge >= 0.3 is 0 Å². The van der Waals surface area contributed by atoms with Gasteiger partial charge in [0.1, 0.15) is 5.82 Å². The van der Waals surface area contributed by atoms with Crippen LogP contribution in [0.2, 0.25) is 0 Å². The van der Waals surface area contributed by atoms with Gasteiger partial charge < -0.3 is 13.9 Å². The molecule has 5 nitrogen and oxygen atoms in total. The summed E-state index contributed by atoms with van der Waals surface area (Å²) in [7, 11) is 0. The molecule has 0 unspecified atom stereocenters. The standard InChI is InChI=1S/C72H60N4O.Pt/c1-70(2,3)48-34-32-47(33-35-48)55-28-19-30-61-60-29-18-27-54(46-20-11-10-12-21-46)67(60)59-26-14-13-24-56(59)62-40-50(72(7,8)9)41-65-69(62)75(68(55)61)45-74(65)51-22-17-23-52(43-51)77-53-36-37-58-57-25-15-16-31-63(57)76(64(58)44-53)66-42-49(38-39-73-66)71(4,5)6;/h10-42H,1-9H3;/q-2;/i10D,11D,12D,20D,21D;. The number of ether oxygens (including phenoxy) is 1. The summed E-state index contributed by atoms with van der Waals surface area (Å²) in [6, 6.07) is 62.2. The average Bonchev–Trinajstić information content (AvgIpc) is 2.70. The number of para-hydroxylation sites is 2. The molecule has 6 heteroatoms. The molecule has 0 spiro atoms. The predicted octanol–water partition coefficient (Wildman–Crippen LogP) is 18.1. The molecule has 0 bridgehead atoms. The van der Waals surface area contributed by atoms with Crippen LogP contribution in [0.5, 0.6) is 11.5 Å². The summed E-state index contributed by atoms with van der Waals surface area (Å²) in [5, 5.41) is 2.14. The van der Waals surface area contributed by atoms with Gasteiger partial charge in [-0.2, -0.15) is 18.2 Å². The smallest absolute Gasteiger partial charge is 0.268 e. The van der Waals surface area contributed by atoms with Crippen LogP contribution < -0.4 is 9.30 Å². The van der Waals surface area contributed by atoms with Crippen molar-refractivity contribution in [1.29, 1.82) is 0 Å².